The Labute approximate surface area is 97.2 Å². The molecule has 0 fully saturated rings. The van der Waals surface area contributed by atoms with Gasteiger partial charge >= 0.3 is 5.97 Å². The molecule has 94 valence electrons. The minimum atomic E-state index is -1.02. The molecule has 0 rings (SSSR count). The maximum Gasteiger partial charge on any atom is 0.335 e. The second kappa shape index (κ2) is 9.36. The summed E-state index contributed by atoms with van der Waals surface area (Å²) in [6, 6.07) is 0. The van der Waals surface area contributed by atoms with Gasteiger partial charge in [-0.1, -0.05) is 13.0 Å². The monoisotopic (exact) mass is 230 g/mol. The minimum Gasteiger partial charge on any atom is -0.433 e. The molecule has 0 bridgehead atoms. The van der Waals surface area contributed by atoms with E-state index in [1.165, 1.54) is 0 Å². The Morgan fingerprint density at radius 2 is 2.06 bits per heavy atom. The molecule has 0 saturated carbocycles. The number of unbranched alkanes of at least 4 members (excludes halogenated alkanes) is 2. The Bertz CT molecular complexity index is 213. The van der Waals surface area contributed by atoms with Crippen LogP contribution < -0.4 is 0 Å². The van der Waals surface area contributed by atoms with E-state index in [0.717, 1.165) is 32.5 Å². The fourth-order valence-corrected chi connectivity index (χ4v) is 1.13. The van der Waals surface area contributed by atoms with Crippen molar-refractivity contribution in [3.05, 3.63) is 12.2 Å². The average Bonchev–Trinajstić information content (AvgIpc) is 2.23. The molecule has 0 saturated heterocycles. The average molecular weight is 230 g/mol. The molecule has 0 heterocycles. The summed E-state index contributed by atoms with van der Waals surface area (Å²) in [5, 5.41) is 9.36. The van der Waals surface area contributed by atoms with Crippen molar-refractivity contribution in [3.63, 3.8) is 0 Å². The molecule has 1 N–H and O–H groups in total. The smallest absolute Gasteiger partial charge is 0.335 e. The van der Waals surface area contributed by atoms with Crippen LogP contribution >= 0.6 is 0 Å². The maximum absolute atomic E-state index is 11.0. The summed E-state index contributed by atoms with van der Waals surface area (Å²) in [6.45, 7) is 8.43. The summed E-state index contributed by atoms with van der Waals surface area (Å²) in [5.74, 6) is -0.540. The third-order valence-corrected chi connectivity index (χ3v) is 2.04. The minimum absolute atomic E-state index is 0.301. The van der Waals surface area contributed by atoms with Crippen LogP contribution in [0, 0.1) is 0 Å². The lowest BCUT2D eigenvalue weighted by Gasteiger charge is -2.11. The highest BCUT2D eigenvalue weighted by Crippen LogP contribution is 2.06. The molecule has 0 aliphatic carbocycles. The largest absolute Gasteiger partial charge is 0.433 e. The lowest BCUT2D eigenvalue weighted by molar-refractivity contribution is -0.163. The number of ether oxygens (including phenoxy) is 2. The molecular weight excluding hydrogens is 208 g/mol. The van der Waals surface area contributed by atoms with Crippen LogP contribution in [0.4, 0.5) is 0 Å². The zero-order valence-corrected chi connectivity index (χ0v) is 10.2. The Balaban J connectivity index is 3.40. The lowest BCUT2D eigenvalue weighted by atomic mass is 10.2. The number of carbonyl (C=O) groups is 1. The van der Waals surface area contributed by atoms with Crippen LogP contribution in [0.25, 0.3) is 0 Å². The molecule has 0 aromatic heterocycles. The van der Waals surface area contributed by atoms with Gasteiger partial charge in [-0.2, -0.15) is 0 Å². The van der Waals surface area contributed by atoms with Crippen LogP contribution in [-0.2, 0) is 14.3 Å². The van der Waals surface area contributed by atoms with Crippen LogP contribution in [0.1, 0.15) is 39.5 Å². The van der Waals surface area contributed by atoms with E-state index in [9.17, 15) is 9.90 Å². The van der Waals surface area contributed by atoms with Gasteiger partial charge < -0.3 is 14.6 Å². The summed E-state index contributed by atoms with van der Waals surface area (Å²) in [4.78, 5) is 11.0. The topological polar surface area (TPSA) is 55.8 Å². The first-order valence-corrected chi connectivity index (χ1v) is 5.70. The van der Waals surface area contributed by atoms with Gasteiger partial charge in [-0.25, -0.2) is 4.79 Å². The molecule has 4 heteroatoms. The molecule has 16 heavy (non-hydrogen) atoms. The Morgan fingerprint density at radius 3 is 2.62 bits per heavy atom. The first kappa shape index (κ1) is 15.1. The van der Waals surface area contributed by atoms with Gasteiger partial charge in [-0.15, -0.1) is 0 Å². The Kier molecular flexibility index (Phi) is 8.85. The molecule has 1 atom stereocenters. The molecular formula is C12H22O4. The van der Waals surface area contributed by atoms with Gasteiger partial charge in [-0.05, 0) is 26.7 Å². The number of hydrogen-bond acceptors (Lipinski definition) is 4. The van der Waals surface area contributed by atoms with E-state index in [1.54, 1.807) is 6.92 Å². The van der Waals surface area contributed by atoms with E-state index in [-0.39, 0.29) is 0 Å². The first-order valence-electron chi connectivity index (χ1n) is 5.70. The van der Waals surface area contributed by atoms with Gasteiger partial charge in [0.2, 0.25) is 6.29 Å². The second-order valence-electron chi connectivity index (χ2n) is 3.69. The van der Waals surface area contributed by atoms with Crippen molar-refractivity contribution < 1.29 is 19.4 Å². The molecule has 0 aliphatic heterocycles. The predicted octanol–water partition coefficient (Wildman–Crippen LogP) is 2.02. The molecule has 4 nitrogen and oxygen atoms in total. The van der Waals surface area contributed by atoms with Crippen molar-refractivity contribution in [1.82, 2.24) is 0 Å². The second-order valence-corrected chi connectivity index (χ2v) is 3.69. The van der Waals surface area contributed by atoms with Crippen molar-refractivity contribution in [3.8, 4) is 0 Å². The van der Waals surface area contributed by atoms with E-state index in [2.05, 4.69) is 6.58 Å². The predicted molar refractivity (Wildman–Crippen MR) is 61.9 cm³/mol. The Morgan fingerprint density at radius 1 is 1.38 bits per heavy atom. The van der Waals surface area contributed by atoms with E-state index < -0.39 is 12.3 Å². The maximum atomic E-state index is 11.0. The van der Waals surface area contributed by atoms with E-state index >= 15 is 0 Å². The van der Waals surface area contributed by atoms with Crippen molar-refractivity contribution in [1.29, 1.82) is 0 Å². The summed E-state index contributed by atoms with van der Waals surface area (Å²) >= 11 is 0. The van der Waals surface area contributed by atoms with Crippen LogP contribution in [0.2, 0.25) is 0 Å². The zero-order valence-electron chi connectivity index (χ0n) is 10.2. The van der Waals surface area contributed by atoms with E-state index in [0.29, 0.717) is 12.0 Å². The third kappa shape index (κ3) is 8.44. The van der Waals surface area contributed by atoms with Crippen molar-refractivity contribution in [2.24, 2.45) is 0 Å². The molecule has 1 unspecified atom stereocenters. The zero-order chi connectivity index (χ0) is 12.4. The number of carbonyl (C=O) groups excluding carboxylic acids is 1. The van der Waals surface area contributed by atoms with Crippen LogP contribution in [0.15, 0.2) is 12.2 Å². The molecule has 0 amide bonds. The normalized spacial score (nSPS) is 12.2. The fraction of sp³-hybridized carbons (Fsp3) is 0.750. The van der Waals surface area contributed by atoms with Gasteiger partial charge in [0, 0.05) is 25.2 Å². The number of aliphatic hydroxyl groups excluding tert-OH is 1. The molecule has 0 aromatic carbocycles. The van der Waals surface area contributed by atoms with Gasteiger partial charge in [0.15, 0.2) is 0 Å². The standard InChI is InChI=1S/C12H22O4/c1-4-15-9-7-5-6-8-11(13)16-12(14)10(2)3/h11,13H,2,4-9H2,1,3H3. The van der Waals surface area contributed by atoms with Gasteiger partial charge in [0.1, 0.15) is 0 Å². The van der Waals surface area contributed by atoms with E-state index in [1.807, 2.05) is 6.92 Å². The highest BCUT2D eigenvalue weighted by Gasteiger charge is 2.10. The summed E-state index contributed by atoms with van der Waals surface area (Å²) < 4.78 is 9.90. The fourth-order valence-electron chi connectivity index (χ4n) is 1.13. The Hall–Kier alpha value is -0.870. The van der Waals surface area contributed by atoms with Gasteiger partial charge in [0.25, 0.3) is 0 Å². The molecule has 0 spiro atoms. The van der Waals surface area contributed by atoms with Gasteiger partial charge in [0.05, 0.1) is 0 Å². The van der Waals surface area contributed by atoms with Crippen LogP contribution in [0.3, 0.4) is 0 Å². The summed E-state index contributed by atoms with van der Waals surface area (Å²) in [6.07, 6.45) is 2.19. The highest BCUT2D eigenvalue weighted by molar-refractivity contribution is 5.86. The lowest BCUT2D eigenvalue weighted by Crippen LogP contribution is -2.17. The quantitative estimate of drug-likeness (QED) is 0.285. The van der Waals surface area contributed by atoms with Crippen LogP contribution in [0.5, 0.6) is 0 Å². The first-order chi connectivity index (χ1) is 7.57. The van der Waals surface area contributed by atoms with Crippen molar-refractivity contribution in [2.45, 2.75) is 45.8 Å². The number of rotatable bonds is 9. The van der Waals surface area contributed by atoms with E-state index in [4.69, 9.17) is 9.47 Å². The van der Waals surface area contributed by atoms with Gasteiger partial charge in [-0.3, -0.25) is 0 Å². The van der Waals surface area contributed by atoms with Crippen molar-refractivity contribution in [2.75, 3.05) is 13.2 Å². The summed E-state index contributed by atoms with van der Waals surface area (Å²) in [7, 11) is 0. The highest BCUT2D eigenvalue weighted by atomic mass is 16.6. The number of aliphatic hydroxyl groups is 1. The molecule has 0 aliphatic rings. The third-order valence-electron chi connectivity index (χ3n) is 2.04. The van der Waals surface area contributed by atoms with Crippen LogP contribution in [-0.4, -0.2) is 30.6 Å². The number of hydrogen-bond donors (Lipinski definition) is 1. The SMILES string of the molecule is C=C(C)C(=O)OC(O)CCCCCOCC. The molecule has 0 aromatic rings. The van der Waals surface area contributed by atoms with Crippen molar-refractivity contribution >= 4 is 5.97 Å². The summed E-state index contributed by atoms with van der Waals surface area (Å²) in [5.41, 5.74) is 0.301. The number of esters is 1. The molecule has 0 radical (unpaired) electrons.